The van der Waals surface area contributed by atoms with E-state index in [1.54, 1.807) is 55.1 Å². The number of rotatable bonds is 26. The zero-order valence-corrected chi connectivity index (χ0v) is 43.3. The van der Waals surface area contributed by atoms with Crippen LogP contribution in [0.25, 0.3) is 0 Å². The van der Waals surface area contributed by atoms with Gasteiger partial charge in [0.15, 0.2) is 5.96 Å². The molecule has 2 aromatic rings. The first kappa shape index (κ1) is 55.4. The lowest BCUT2D eigenvalue weighted by molar-refractivity contribution is -0.146. The molecule has 0 saturated carbocycles. The van der Waals surface area contributed by atoms with Crippen LogP contribution in [-0.2, 0) is 67.8 Å². The van der Waals surface area contributed by atoms with Crippen molar-refractivity contribution in [3.05, 3.63) is 59.9 Å². The molecule has 1 aromatic heterocycles. The molecule has 4 heterocycles. The maximum Gasteiger partial charge on any atom is 0.253 e. The number of aliphatic imine (C=N–C) groups is 1. The quantitative estimate of drug-likeness (QED) is 0.134. The number of amides is 5. The van der Waals surface area contributed by atoms with Crippen LogP contribution < -0.4 is 4.72 Å². The van der Waals surface area contributed by atoms with Crippen molar-refractivity contribution in [2.75, 3.05) is 60.7 Å². The minimum atomic E-state index is -4.16. The molecule has 8 atom stereocenters. The second-order valence-corrected chi connectivity index (χ2v) is 21.2. The van der Waals surface area contributed by atoms with Crippen LogP contribution in [0.2, 0.25) is 0 Å². The second-order valence-electron chi connectivity index (χ2n) is 19.3. The Balaban J connectivity index is 1.24. The minimum absolute atomic E-state index is 0.0145. The average Bonchev–Trinajstić information content (AvgIpc) is 4.13. The van der Waals surface area contributed by atoms with Crippen molar-refractivity contribution in [2.24, 2.45) is 28.7 Å². The van der Waals surface area contributed by atoms with E-state index in [4.69, 9.17) is 14.5 Å². The monoisotopic (exact) mass is 995 g/mol. The number of methoxy groups -OCH3 is 2. The number of ether oxygens (including phenoxy) is 2. The number of guanidine groups is 1. The van der Waals surface area contributed by atoms with E-state index in [0.29, 0.717) is 25.1 Å². The molecule has 3 aliphatic heterocycles. The molecule has 1 N–H and O–H groups in total. The summed E-state index contributed by atoms with van der Waals surface area (Å²) in [6.45, 7) is 11.9. The Hall–Kier alpha value is -5.54. The Kier molecular flexibility index (Phi) is 19.8. The van der Waals surface area contributed by atoms with E-state index in [2.05, 4.69) is 22.0 Å². The molecule has 20 nitrogen and oxygen atoms in total. The van der Waals surface area contributed by atoms with Crippen molar-refractivity contribution >= 4 is 51.3 Å². The third-order valence-electron chi connectivity index (χ3n) is 14.0. The van der Waals surface area contributed by atoms with Gasteiger partial charge in [0.1, 0.15) is 17.5 Å². The number of hydrogen-bond donors (Lipinski definition) is 1. The van der Waals surface area contributed by atoms with Gasteiger partial charge in [-0.15, -0.1) is 5.10 Å². The highest BCUT2D eigenvalue weighted by molar-refractivity contribution is 7.90. The number of benzene rings is 1. The van der Waals surface area contributed by atoms with Gasteiger partial charge in [-0.05, 0) is 43.1 Å². The fourth-order valence-corrected chi connectivity index (χ4v) is 10.8. The standard InChI is InChI=1S/C49H74N10O10S/c1-11-33(4)45(56(8)48(65)44(32(2)3)50-49-54(6)24-25-55(49)7)40(68-9)29-43(63)58-23-15-19-38(58)46(69-10)34(5)39(60)28-36(27-35-17-13-12-14-18-35)47(64)52-70(66,67)26-16-22-57-30-37(51-53-57)31-59-41(61)20-21-42(59)62/h12-14,17-18,20-21,30,32-34,36,38,40,44-46H,11,15-16,19,22-29,31H2,1-10H3,(H,52,64)/t33-,34-,36+,38-,40+,44-,45-,46+/m0/s1. The van der Waals surface area contributed by atoms with Gasteiger partial charge in [0.25, 0.3) is 11.8 Å². The van der Waals surface area contributed by atoms with Gasteiger partial charge in [-0.3, -0.25) is 43.1 Å². The number of Topliss-reactive ketones (excluding diaryl/α,β-unsaturated/α-hetero) is 1. The number of aryl methyl sites for hydroxylation is 1. The highest BCUT2D eigenvalue weighted by atomic mass is 32.2. The number of ketones is 1. The molecular weight excluding hydrogens is 921 g/mol. The fraction of sp³-hybridized carbons (Fsp3) is 0.653. The third-order valence-corrected chi connectivity index (χ3v) is 15.3. The average molecular weight is 995 g/mol. The third kappa shape index (κ3) is 14.1. The molecule has 0 unspecified atom stereocenters. The van der Waals surface area contributed by atoms with Gasteiger partial charge in [-0.1, -0.05) is 76.6 Å². The fourth-order valence-electron chi connectivity index (χ4n) is 9.71. The molecule has 3 aliphatic rings. The van der Waals surface area contributed by atoms with Crippen molar-refractivity contribution in [2.45, 2.75) is 123 Å². The molecule has 2 fully saturated rings. The van der Waals surface area contributed by atoms with Crippen molar-refractivity contribution in [1.82, 2.24) is 44.2 Å². The van der Waals surface area contributed by atoms with Crippen LogP contribution in [0.5, 0.6) is 0 Å². The van der Waals surface area contributed by atoms with E-state index in [9.17, 15) is 37.2 Å². The first-order valence-corrected chi connectivity index (χ1v) is 26.0. The first-order valence-electron chi connectivity index (χ1n) is 24.3. The molecular formula is C49H74N10O10S. The van der Waals surface area contributed by atoms with Crippen LogP contribution in [0.1, 0.15) is 84.4 Å². The van der Waals surface area contributed by atoms with Gasteiger partial charge in [-0.25, -0.2) is 13.4 Å². The topological polar surface area (TPSA) is 226 Å². The van der Waals surface area contributed by atoms with Gasteiger partial charge in [0.2, 0.25) is 27.7 Å². The largest absolute Gasteiger partial charge is 0.379 e. The summed E-state index contributed by atoms with van der Waals surface area (Å²) in [6, 6.07) is 7.46. The van der Waals surface area contributed by atoms with Crippen molar-refractivity contribution < 1.29 is 46.7 Å². The van der Waals surface area contributed by atoms with E-state index in [0.717, 1.165) is 35.9 Å². The van der Waals surface area contributed by atoms with Crippen LogP contribution in [-0.4, -0.2) is 180 Å². The normalized spacial score (nSPS) is 19.4. The van der Waals surface area contributed by atoms with E-state index < -0.39 is 75.7 Å². The Morgan fingerprint density at radius 1 is 0.943 bits per heavy atom. The second kappa shape index (κ2) is 25.0. The summed E-state index contributed by atoms with van der Waals surface area (Å²) in [4.78, 5) is 94.4. The summed E-state index contributed by atoms with van der Waals surface area (Å²) in [6.07, 6.45) is 4.30. The highest BCUT2D eigenvalue weighted by Gasteiger charge is 2.43. The molecule has 2 saturated heterocycles. The van der Waals surface area contributed by atoms with Gasteiger partial charge in [0, 0.05) is 92.0 Å². The number of aromatic nitrogens is 3. The van der Waals surface area contributed by atoms with Crippen LogP contribution in [0.3, 0.4) is 0 Å². The molecule has 5 amide bonds. The number of carbonyl (C=O) groups is 6. The number of sulfonamides is 1. The van der Waals surface area contributed by atoms with Crippen LogP contribution in [0, 0.1) is 23.7 Å². The molecule has 1 aromatic carbocycles. The van der Waals surface area contributed by atoms with Crippen LogP contribution in [0.15, 0.2) is 53.7 Å². The van der Waals surface area contributed by atoms with E-state index in [1.807, 2.05) is 50.7 Å². The van der Waals surface area contributed by atoms with Gasteiger partial charge in [-0.2, -0.15) is 0 Å². The number of imide groups is 1. The number of hydrogen-bond acceptors (Lipinski definition) is 13. The summed E-state index contributed by atoms with van der Waals surface area (Å²) in [5, 5.41) is 7.95. The molecule has 0 bridgehead atoms. The Morgan fingerprint density at radius 2 is 1.60 bits per heavy atom. The molecule has 5 rings (SSSR count). The minimum Gasteiger partial charge on any atom is -0.379 e. The molecule has 21 heteroatoms. The summed E-state index contributed by atoms with van der Waals surface area (Å²) in [7, 11) is 4.59. The number of nitrogens with zero attached hydrogens (tertiary/aromatic N) is 9. The highest BCUT2D eigenvalue weighted by Crippen LogP contribution is 2.31. The van der Waals surface area contributed by atoms with E-state index >= 15 is 0 Å². The van der Waals surface area contributed by atoms with Gasteiger partial charge < -0.3 is 29.1 Å². The van der Waals surface area contributed by atoms with Crippen molar-refractivity contribution in [1.29, 1.82) is 0 Å². The lowest BCUT2D eigenvalue weighted by Crippen LogP contribution is -2.54. The van der Waals surface area contributed by atoms with E-state index in [-0.39, 0.29) is 68.2 Å². The summed E-state index contributed by atoms with van der Waals surface area (Å²) in [5.41, 5.74) is 1.09. The zero-order chi connectivity index (χ0) is 51.4. The molecule has 0 radical (unpaired) electrons. The van der Waals surface area contributed by atoms with Crippen LogP contribution in [0.4, 0.5) is 0 Å². The summed E-state index contributed by atoms with van der Waals surface area (Å²) >= 11 is 0. The predicted molar refractivity (Wildman–Crippen MR) is 262 cm³/mol. The number of carbonyl (C=O) groups excluding carboxylic acids is 6. The predicted octanol–water partition coefficient (Wildman–Crippen LogP) is 2.54. The zero-order valence-electron chi connectivity index (χ0n) is 42.5. The van der Waals surface area contributed by atoms with Crippen molar-refractivity contribution in [3.8, 4) is 0 Å². The molecule has 0 aliphatic carbocycles. The van der Waals surface area contributed by atoms with Gasteiger partial charge in [0.05, 0.1) is 49.2 Å². The maximum absolute atomic E-state index is 14.5. The number of nitrogens with one attached hydrogen (secondary N) is 1. The van der Waals surface area contributed by atoms with E-state index in [1.165, 1.54) is 30.1 Å². The Morgan fingerprint density at radius 3 is 2.20 bits per heavy atom. The molecule has 70 heavy (non-hydrogen) atoms. The number of likely N-dealkylation sites (tertiary alicyclic amines) is 1. The lowest BCUT2D eigenvalue weighted by atomic mass is 9.85. The number of likely N-dealkylation sites (N-methyl/N-ethyl adjacent to an activating group) is 3. The molecule has 386 valence electrons. The lowest BCUT2D eigenvalue weighted by Gasteiger charge is -2.40. The maximum atomic E-state index is 14.5. The van der Waals surface area contributed by atoms with Crippen LogP contribution >= 0.6 is 0 Å². The molecule has 0 spiro atoms. The van der Waals surface area contributed by atoms with Gasteiger partial charge >= 0.3 is 0 Å². The summed E-state index contributed by atoms with van der Waals surface area (Å²) in [5.74, 6) is -4.01. The SMILES string of the molecule is CC[C@H](C)[C@@H]([C@@H](CC(=O)N1CCC[C@H]1[C@H](OC)[C@@H](C)C(=O)C[C@@H](Cc1ccccc1)C(=O)NS(=O)(=O)CCCn1cc(CN2C(=O)C=CC2=O)nn1)OC)N(C)C(=O)[C@@H](N=C1N(C)CCN1C)C(C)C. The van der Waals surface area contributed by atoms with Crippen molar-refractivity contribution in [3.63, 3.8) is 0 Å². The Bertz CT molecular complexity index is 2290. The summed E-state index contributed by atoms with van der Waals surface area (Å²) < 4.78 is 42.3. The first-order chi connectivity index (χ1) is 33.2. The Labute approximate surface area is 413 Å². The smallest absolute Gasteiger partial charge is 0.253 e.